The zero-order valence-electron chi connectivity index (χ0n) is 17.5. The van der Waals surface area contributed by atoms with E-state index in [1.54, 1.807) is 12.1 Å². The number of aliphatic hydroxyl groups is 2. The molecule has 6 heteroatoms. The Balaban J connectivity index is 1.92. The van der Waals surface area contributed by atoms with Gasteiger partial charge < -0.3 is 20.4 Å². The first-order valence-electron chi connectivity index (χ1n) is 10.7. The van der Waals surface area contributed by atoms with E-state index >= 15 is 0 Å². The van der Waals surface area contributed by atoms with Crippen molar-refractivity contribution in [1.29, 1.82) is 0 Å². The highest BCUT2D eigenvalue weighted by molar-refractivity contribution is 6.21. The van der Waals surface area contributed by atoms with Crippen molar-refractivity contribution in [1.82, 2.24) is 0 Å². The van der Waals surface area contributed by atoms with Gasteiger partial charge in [-0.05, 0) is 55.2 Å². The lowest BCUT2D eigenvalue weighted by Crippen LogP contribution is -2.19. The van der Waals surface area contributed by atoms with Gasteiger partial charge >= 0.3 is 5.97 Å². The lowest BCUT2D eigenvalue weighted by Gasteiger charge is -2.19. The van der Waals surface area contributed by atoms with E-state index in [0.29, 0.717) is 32.1 Å². The molecule has 0 bridgehead atoms. The van der Waals surface area contributed by atoms with E-state index in [4.69, 9.17) is 16.7 Å². The maximum atomic E-state index is 10.5. The molecule has 1 saturated carbocycles. The van der Waals surface area contributed by atoms with Gasteiger partial charge in [-0.2, -0.15) is 0 Å². The number of allylic oxidation sites excluding steroid dienone is 2. The minimum absolute atomic E-state index is 0.0706. The molecule has 0 radical (unpaired) electrons. The molecule has 0 amide bonds. The summed E-state index contributed by atoms with van der Waals surface area (Å²) in [5.74, 6) is -0.574. The number of alkyl halides is 1. The summed E-state index contributed by atoms with van der Waals surface area (Å²) in [6.07, 6.45) is 10.2. The molecular formula is C24H33ClO5. The molecular weight excluding hydrogens is 404 g/mol. The molecule has 2 rings (SSSR count). The van der Waals surface area contributed by atoms with Crippen molar-refractivity contribution in [2.45, 2.75) is 69.5 Å². The monoisotopic (exact) mass is 436 g/mol. The predicted octanol–water partition coefficient (Wildman–Crippen LogP) is 4.22. The third kappa shape index (κ3) is 7.46. The number of carboxylic acids is 1. The Labute approximate surface area is 183 Å². The number of carbonyl (C=O) groups is 1. The van der Waals surface area contributed by atoms with Crippen LogP contribution in [0.15, 0.2) is 42.5 Å². The number of phenolic OH excluding ortho intramolecular Hbond substituents is 1. The highest BCUT2D eigenvalue weighted by Gasteiger charge is 2.39. The van der Waals surface area contributed by atoms with Crippen molar-refractivity contribution in [2.75, 3.05) is 0 Å². The first-order chi connectivity index (χ1) is 14.3. The largest absolute Gasteiger partial charge is 0.508 e. The molecule has 0 heterocycles. The topological polar surface area (TPSA) is 98.0 Å². The highest BCUT2D eigenvalue weighted by Crippen LogP contribution is 2.39. The standard InChI is InChI=1S/C24H33ClO5/c1-2-17-13-16(9-12-22(17)27)14-18(26)10-11-20-19(21(25)15-23(20)28)7-5-3-4-6-8-24(29)30/h3,5,9-13,18-21,23,26-28H,2,4,6-8,14-15H2,1H3,(H,29,30)/t18?,19-,20-,21-,23-/m1/s1. The van der Waals surface area contributed by atoms with Crippen LogP contribution < -0.4 is 0 Å². The summed E-state index contributed by atoms with van der Waals surface area (Å²) in [4.78, 5) is 10.5. The van der Waals surface area contributed by atoms with Crippen molar-refractivity contribution in [3.8, 4) is 5.75 Å². The molecule has 5 atom stereocenters. The third-order valence-electron chi connectivity index (χ3n) is 5.73. The Morgan fingerprint density at radius 2 is 2.10 bits per heavy atom. The van der Waals surface area contributed by atoms with Gasteiger partial charge in [0.15, 0.2) is 0 Å². The minimum atomic E-state index is -0.787. The van der Waals surface area contributed by atoms with Crippen LogP contribution in [0.2, 0.25) is 0 Å². The van der Waals surface area contributed by atoms with Crippen LogP contribution >= 0.6 is 11.6 Å². The van der Waals surface area contributed by atoms with Gasteiger partial charge in [-0.25, -0.2) is 0 Å². The van der Waals surface area contributed by atoms with E-state index in [1.165, 1.54) is 0 Å². The van der Waals surface area contributed by atoms with Crippen LogP contribution in [0.25, 0.3) is 0 Å². The average molecular weight is 437 g/mol. The van der Waals surface area contributed by atoms with E-state index in [1.807, 2.05) is 37.3 Å². The SMILES string of the molecule is CCc1cc(CC(O)C=C[C@@H]2[C@@H](CC=CCCCC(=O)O)[C@H](Cl)C[C@H]2O)ccc1O. The van der Waals surface area contributed by atoms with Gasteiger partial charge in [0, 0.05) is 24.1 Å². The van der Waals surface area contributed by atoms with E-state index < -0.39 is 18.2 Å². The third-order valence-corrected chi connectivity index (χ3v) is 6.23. The molecule has 1 fully saturated rings. The van der Waals surface area contributed by atoms with Crippen LogP contribution in [0.5, 0.6) is 5.75 Å². The van der Waals surface area contributed by atoms with Gasteiger partial charge in [-0.1, -0.05) is 43.4 Å². The van der Waals surface area contributed by atoms with Gasteiger partial charge in [-0.3, -0.25) is 4.79 Å². The summed E-state index contributed by atoms with van der Waals surface area (Å²) in [6, 6.07) is 5.37. The average Bonchev–Trinajstić information content (AvgIpc) is 2.96. The van der Waals surface area contributed by atoms with Crippen molar-refractivity contribution < 1.29 is 25.2 Å². The molecule has 0 spiro atoms. The van der Waals surface area contributed by atoms with Crippen molar-refractivity contribution >= 4 is 17.6 Å². The zero-order chi connectivity index (χ0) is 22.1. The minimum Gasteiger partial charge on any atom is -0.508 e. The second-order valence-corrected chi connectivity index (χ2v) is 8.59. The fourth-order valence-corrected chi connectivity index (χ4v) is 4.48. The van der Waals surface area contributed by atoms with Gasteiger partial charge in [0.1, 0.15) is 5.75 Å². The van der Waals surface area contributed by atoms with E-state index in [2.05, 4.69) is 0 Å². The molecule has 1 aromatic rings. The lowest BCUT2D eigenvalue weighted by molar-refractivity contribution is -0.137. The van der Waals surface area contributed by atoms with Crippen LogP contribution in [0, 0.1) is 11.8 Å². The van der Waals surface area contributed by atoms with Gasteiger partial charge in [-0.15, -0.1) is 11.6 Å². The van der Waals surface area contributed by atoms with Gasteiger partial charge in [0.25, 0.3) is 0 Å². The molecule has 30 heavy (non-hydrogen) atoms. The Bertz CT molecular complexity index is 745. The Morgan fingerprint density at radius 3 is 2.80 bits per heavy atom. The highest BCUT2D eigenvalue weighted by atomic mass is 35.5. The molecule has 166 valence electrons. The number of hydrogen-bond donors (Lipinski definition) is 4. The van der Waals surface area contributed by atoms with Crippen molar-refractivity contribution in [3.63, 3.8) is 0 Å². The maximum Gasteiger partial charge on any atom is 0.303 e. The van der Waals surface area contributed by atoms with Crippen LogP contribution in [0.3, 0.4) is 0 Å². The fourth-order valence-electron chi connectivity index (χ4n) is 4.02. The molecule has 5 nitrogen and oxygen atoms in total. The molecule has 0 aliphatic heterocycles. The number of aryl methyl sites for hydroxylation is 1. The molecule has 0 aromatic heterocycles. The van der Waals surface area contributed by atoms with Crippen molar-refractivity contribution in [2.24, 2.45) is 11.8 Å². The van der Waals surface area contributed by atoms with Gasteiger partial charge in [0.05, 0.1) is 12.2 Å². The lowest BCUT2D eigenvalue weighted by atomic mass is 9.90. The summed E-state index contributed by atoms with van der Waals surface area (Å²) in [5, 5.41) is 39.1. The molecule has 1 unspecified atom stereocenters. The Morgan fingerprint density at radius 1 is 1.33 bits per heavy atom. The number of phenols is 1. The summed E-state index contributed by atoms with van der Waals surface area (Å²) in [5.41, 5.74) is 1.81. The van der Waals surface area contributed by atoms with E-state index in [-0.39, 0.29) is 29.4 Å². The molecule has 1 aromatic carbocycles. The number of carboxylic acid groups (broad SMARTS) is 1. The normalized spacial score (nSPS) is 25.3. The first kappa shape index (κ1) is 24.4. The smallest absolute Gasteiger partial charge is 0.303 e. The molecule has 1 aliphatic rings. The Hall–Kier alpha value is -1.82. The number of benzene rings is 1. The summed E-state index contributed by atoms with van der Waals surface area (Å²) < 4.78 is 0. The first-order valence-corrected chi connectivity index (χ1v) is 11.1. The van der Waals surface area contributed by atoms with Crippen molar-refractivity contribution in [3.05, 3.63) is 53.6 Å². The summed E-state index contributed by atoms with van der Waals surface area (Å²) >= 11 is 6.45. The number of aromatic hydroxyl groups is 1. The van der Waals surface area contributed by atoms with Crippen LogP contribution in [-0.2, 0) is 17.6 Å². The zero-order valence-corrected chi connectivity index (χ0v) is 18.2. The number of aliphatic carboxylic acids is 1. The second-order valence-electron chi connectivity index (χ2n) is 8.03. The number of rotatable bonds is 11. The molecule has 0 saturated heterocycles. The maximum absolute atomic E-state index is 10.5. The second kappa shape index (κ2) is 12.1. The fraction of sp³-hybridized carbons (Fsp3) is 0.542. The molecule has 1 aliphatic carbocycles. The van der Waals surface area contributed by atoms with Crippen LogP contribution in [0.4, 0.5) is 0 Å². The van der Waals surface area contributed by atoms with Crippen LogP contribution in [0.1, 0.15) is 50.2 Å². The number of halogens is 1. The van der Waals surface area contributed by atoms with Crippen LogP contribution in [-0.4, -0.2) is 44.0 Å². The quantitative estimate of drug-likeness (QED) is 0.236. The predicted molar refractivity (Wildman–Crippen MR) is 119 cm³/mol. The van der Waals surface area contributed by atoms with E-state index in [9.17, 15) is 20.1 Å². The number of hydrogen-bond acceptors (Lipinski definition) is 4. The van der Waals surface area contributed by atoms with Gasteiger partial charge in [0.2, 0.25) is 0 Å². The summed E-state index contributed by atoms with van der Waals surface area (Å²) in [6.45, 7) is 1.97. The van der Waals surface area contributed by atoms with E-state index in [0.717, 1.165) is 17.5 Å². The Kier molecular flexibility index (Phi) is 9.89. The molecule has 4 N–H and O–H groups in total. The number of aliphatic hydroxyl groups excluding tert-OH is 2. The summed E-state index contributed by atoms with van der Waals surface area (Å²) in [7, 11) is 0. The number of unbranched alkanes of at least 4 members (excludes halogenated alkanes) is 1.